The van der Waals surface area contributed by atoms with Crippen molar-refractivity contribution in [2.24, 2.45) is 0 Å². The molecule has 2 aromatic rings. The number of piperazine rings is 1. The van der Waals surface area contributed by atoms with Crippen LogP contribution >= 0.6 is 0 Å². The molecular formula is C17H22FN3O. The molecule has 1 aromatic heterocycles. The molecule has 0 amide bonds. The molecule has 1 aromatic carbocycles. The normalized spacial score (nSPS) is 16.0. The average Bonchev–Trinajstić information content (AvgIpc) is 3.02. The smallest absolute Gasteiger partial charge is 0.137 e. The van der Waals surface area contributed by atoms with Crippen molar-refractivity contribution in [2.75, 3.05) is 39.3 Å². The summed E-state index contributed by atoms with van der Waals surface area (Å²) in [6.07, 6.45) is 0. The molecule has 4 nitrogen and oxygen atoms in total. The van der Waals surface area contributed by atoms with Gasteiger partial charge in [-0.15, -0.1) is 0 Å². The number of hydrogen-bond acceptors (Lipinski definition) is 4. The summed E-state index contributed by atoms with van der Waals surface area (Å²) in [6, 6.07) is 10.4. The van der Waals surface area contributed by atoms with Crippen molar-refractivity contribution in [1.82, 2.24) is 15.5 Å². The van der Waals surface area contributed by atoms with E-state index in [0.29, 0.717) is 17.9 Å². The Labute approximate surface area is 130 Å². The molecule has 0 saturated carbocycles. The van der Waals surface area contributed by atoms with Crippen molar-refractivity contribution in [1.29, 1.82) is 0 Å². The lowest BCUT2D eigenvalue weighted by atomic mass is 10.1. The highest BCUT2D eigenvalue weighted by Crippen LogP contribution is 2.24. The largest absolute Gasteiger partial charge is 0.460 e. The predicted molar refractivity (Wildman–Crippen MR) is 85.1 cm³/mol. The van der Waals surface area contributed by atoms with Gasteiger partial charge in [-0.05, 0) is 24.3 Å². The van der Waals surface area contributed by atoms with E-state index in [1.807, 2.05) is 18.2 Å². The minimum Gasteiger partial charge on any atom is -0.460 e. The van der Waals surface area contributed by atoms with Crippen molar-refractivity contribution in [3.05, 3.63) is 48.0 Å². The Hall–Kier alpha value is -1.69. The van der Waals surface area contributed by atoms with Crippen LogP contribution in [0, 0.1) is 5.82 Å². The highest BCUT2D eigenvalue weighted by molar-refractivity contribution is 5.58. The summed E-state index contributed by atoms with van der Waals surface area (Å²) in [5.74, 6) is 1.16. The van der Waals surface area contributed by atoms with Crippen LogP contribution in [0.2, 0.25) is 0 Å². The lowest BCUT2D eigenvalue weighted by Gasteiger charge is -2.27. The van der Waals surface area contributed by atoms with Gasteiger partial charge in [0.1, 0.15) is 17.3 Å². The number of nitrogens with zero attached hydrogens (tertiary/aromatic N) is 1. The summed E-state index contributed by atoms with van der Waals surface area (Å²) in [6.45, 7) is 7.01. The third-order valence-corrected chi connectivity index (χ3v) is 3.91. The molecule has 1 aliphatic heterocycles. The molecule has 118 valence electrons. The van der Waals surface area contributed by atoms with Gasteiger partial charge in [0.25, 0.3) is 0 Å². The van der Waals surface area contributed by atoms with E-state index in [2.05, 4.69) is 15.5 Å². The van der Waals surface area contributed by atoms with Gasteiger partial charge in [-0.2, -0.15) is 0 Å². The molecule has 0 bridgehead atoms. The van der Waals surface area contributed by atoms with Crippen molar-refractivity contribution < 1.29 is 8.81 Å². The molecule has 5 heteroatoms. The highest BCUT2D eigenvalue weighted by Gasteiger charge is 2.10. The number of hydrogen-bond donors (Lipinski definition) is 2. The molecule has 0 aliphatic carbocycles. The highest BCUT2D eigenvalue weighted by atomic mass is 19.1. The second-order valence-corrected chi connectivity index (χ2v) is 5.51. The molecule has 0 radical (unpaired) electrons. The molecule has 1 fully saturated rings. The number of nitrogens with one attached hydrogen (secondary N) is 2. The van der Waals surface area contributed by atoms with Crippen LogP contribution in [0.1, 0.15) is 5.76 Å². The summed E-state index contributed by atoms with van der Waals surface area (Å²) in [5, 5.41) is 6.72. The summed E-state index contributed by atoms with van der Waals surface area (Å²) in [4.78, 5) is 2.44. The maximum Gasteiger partial charge on any atom is 0.137 e. The Balaban J connectivity index is 1.47. The third-order valence-electron chi connectivity index (χ3n) is 3.91. The van der Waals surface area contributed by atoms with Gasteiger partial charge in [-0.25, -0.2) is 4.39 Å². The summed E-state index contributed by atoms with van der Waals surface area (Å²) in [5.41, 5.74) is 0.509. The van der Waals surface area contributed by atoms with Crippen molar-refractivity contribution in [3.63, 3.8) is 0 Å². The zero-order valence-electron chi connectivity index (χ0n) is 12.6. The predicted octanol–water partition coefficient (Wildman–Crippen LogP) is 2.08. The van der Waals surface area contributed by atoms with Gasteiger partial charge in [0.2, 0.25) is 0 Å². The Morgan fingerprint density at radius 3 is 2.77 bits per heavy atom. The van der Waals surface area contributed by atoms with Gasteiger partial charge in [-0.1, -0.05) is 12.1 Å². The van der Waals surface area contributed by atoms with E-state index >= 15 is 0 Å². The van der Waals surface area contributed by atoms with Gasteiger partial charge in [0.15, 0.2) is 0 Å². The maximum atomic E-state index is 13.7. The van der Waals surface area contributed by atoms with Crippen LogP contribution in [-0.4, -0.2) is 44.2 Å². The fourth-order valence-electron chi connectivity index (χ4n) is 2.66. The van der Waals surface area contributed by atoms with E-state index in [1.165, 1.54) is 6.07 Å². The lowest BCUT2D eigenvalue weighted by Crippen LogP contribution is -2.45. The quantitative estimate of drug-likeness (QED) is 0.802. The molecule has 2 N–H and O–H groups in total. The van der Waals surface area contributed by atoms with Gasteiger partial charge >= 0.3 is 0 Å². The Morgan fingerprint density at radius 2 is 1.95 bits per heavy atom. The van der Waals surface area contributed by atoms with Crippen molar-refractivity contribution >= 4 is 0 Å². The first kappa shape index (κ1) is 15.2. The van der Waals surface area contributed by atoms with E-state index in [4.69, 9.17) is 4.42 Å². The maximum absolute atomic E-state index is 13.7. The molecular weight excluding hydrogens is 281 g/mol. The van der Waals surface area contributed by atoms with E-state index in [0.717, 1.165) is 45.0 Å². The Bertz CT molecular complexity index is 593. The summed E-state index contributed by atoms with van der Waals surface area (Å²) >= 11 is 0. The van der Waals surface area contributed by atoms with E-state index < -0.39 is 0 Å². The van der Waals surface area contributed by atoms with Crippen LogP contribution in [0.25, 0.3) is 11.3 Å². The first-order chi connectivity index (χ1) is 10.8. The van der Waals surface area contributed by atoms with Crippen LogP contribution in [0.5, 0.6) is 0 Å². The van der Waals surface area contributed by atoms with E-state index in [9.17, 15) is 4.39 Å². The SMILES string of the molecule is Fc1ccccc1-c1ccc(CNCCN2CCNCC2)o1. The first-order valence-corrected chi connectivity index (χ1v) is 7.80. The molecule has 2 heterocycles. The molecule has 0 atom stereocenters. The number of benzene rings is 1. The number of halogens is 1. The summed E-state index contributed by atoms with van der Waals surface area (Å²) < 4.78 is 19.4. The van der Waals surface area contributed by atoms with E-state index in [-0.39, 0.29) is 5.82 Å². The third kappa shape index (κ3) is 3.94. The topological polar surface area (TPSA) is 40.4 Å². The van der Waals surface area contributed by atoms with Crippen molar-refractivity contribution in [2.45, 2.75) is 6.54 Å². The lowest BCUT2D eigenvalue weighted by molar-refractivity contribution is 0.240. The van der Waals surface area contributed by atoms with Crippen LogP contribution in [0.4, 0.5) is 4.39 Å². The zero-order valence-corrected chi connectivity index (χ0v) is 12.6. The minimum atomic E-state index is -0.255. The second-order valence-electron chi connectivity index (χ2n) is 5.51. The van der Waals surface area contributed by atoms with Crippen LogP contribution in [-0.2, 0) is 6.54 Å². The van der Waals surface area contributed by atoms with Crippen LogP contribution in [0.3, 0.4) is 0 Å². The molecule has 22 heavy (non-hydrogen) atoms. The number of rotatable bonds is 6. The molecule has 3 rings (SSSR count). The zero-order chi connectivity index (χ0) is 15.2. The van der Waals surface area contributed by atoms with Crippen LogP contribution in [0.15, 0.2) is 40.8 Å². The standard InChI is InChI=1S/C17H22FN3O/c18-16-4-2-1-3-15(16)17-6-5-14(22-17)13-20-9-12-21-10-7-19-8-11-21/h1-6,19-20H,7-13H2. The Kier molecular flexibility index (Phi) is 5.21. The summed E-state index contributed by atoms with van der Waals surface area (Å²) in [7, 11) is 0. The fourth-order valence-corrected chi connectivity index (χ4v) is 2.66. The van der Waals surface area contributed by atoms with Crippen molar-refractivity contribution in [3.8, 4) is 11.3 Å². The van der Waals surface area contributed by atoms with E-state index in [1.54, 1.807) is 12.1 Å². The van der Waals surface area contributed by atoms with Crippen LogP contribution < -0.4 is 10.6 Å². The Morgan fingerprint density at radius 1 is 1.14 bits per heavy atom. The average molecular weight is 303 g/mol. The van der Waals surface area contributed by atoms with Gasteiger partial charge < -0.3 is 15.1 Å². The fraction of sp³-hybridized carbons (Fsp3) is 0.412. The monoisotopic (exact) mass is 303 g/mol. The van der Waals surface area contributed by atoms with Gasteiger partial charge in [0.05, 0.1) is 12.1 Å². The first-order valence-electron chi connectivity index (χ1n) is 7.80. The number of furan rings is 1. The molecule has 1 aliphatic rings. The second kappa shape index (κ2) is 7.54. The molecule has 1 saturated heterocycles. The molecule has 0 spiro atoms. The minimum absolute atomic E-state index is 0.255. The molecule has 0 unspecified atom stereocenters. The van der Waals surface area contributed by atoms with Gasteiger partial charge in [-0.3, -0.25) is 4.90 Å². The van der Waals surface area contributed by atoms with Gasteiger partial charge in [0, 0.05) is 39.3 Å².